The predicted molar refractivity (Wildman–Crippen MR) is 102 cm³/mol. The summed E-state index contributed by atoms with van der Waals surface area (Å²) in [6, 6.07) is 3.67. The standard InChI is InChI=1S/C20H22N2O4/c1-5-26-20(24)16-11-15(19(23)25-4)14-9-7-6-8-13-10-17(21-12(2)3)22(16)18(13)14/h6-12,21H,5H2,1-4H3. The first-order valence-corrected chi connectivity index (χ1v) is 8.57. The number of methoxy groups -OCH3 is 1. The minimum atomic E-state index is -0.495. The van der Waals surface area contributed by atoms with Gasteiger partial charge in [-0.3, -0.25) is 4.40 Å². The van der Waals surface area contributed by atoms with Crippen LogP contribution in [0.25, 0.3) is 17.7 Å². The predicted octanol–water partition coefficient (Wildman–Crippen LogP) is 3.76. The first-order valence-electron chi connectivity index (χ1n) is 8.57. The number of rotatable bonds is 5. The van der Waals surface area contributed by atoms with Crippen LogP contribution in [0.15, 0.2) is 24.3 Å². The molecule has 0 fully saturated rings. The van der Waals surface area contributed by atoms with Crippen molar-refractivity contribution in [2.45, 2.75) is 26.8 Å². The highest BCUT2D eigenvalue weighted by Crippen LogP contribution is 2.33. The Morgan fingerprint density at radius 3 is 2.54 bits per heavy atom. The fourth-order valence-electron chi connectivity index (χ4n) is 3.11. The average Bonchev–Trinajstić information content (AvgIpc) is 2.81. The van der Waals surface area contributed by atoms with E-state index in [1.165, 1.54) is 13.2 Å². The van der Waals surface area contributed by atoms with Crippen molar-refractivity contribution in [1.29, 1.82) is 0 Å². The molecular formula is C20H22N2O4. The van der Waals surface area contributed by atoms with Crippen molar-refractivity contribution in [3.05, 3.63) is 46.7 Å². The lowest BCUT2D eigenvalue weighted by atomic mass is 10.0. The van der Waals surface area contributed by atoms with Crippen molar-refractivity contribution in [3.63, 3.8) is 0 Å². The van der Waals surface area contributed by atoms with E-state index >= 15 is 0 Å². The molecule has 2 heterocycles. The molecule has 6 heteroatoms. The molecule has 0 bridgehead atoms. The number of esters is 2. The summed E-state index contributed by atoms with van der Waals surface area (Å²) in [5, 5.41) is 3.36. The minimum absolute atomic E-state index is 0.169. The van der Waals surface area contributed by atoms with Gasteiger partial charge in [-0.15, -0.1) is 0 Å². The number of nitrogens with one attached hydrogen (secondary N) is 1. The summed E-state index contributed by atoms with van der Waals surface area (Å²) >= 11 is 0. The van der Waals surface area contributed by atoms with Gasteiger partial charge < -0.3 is 14.8 Å². The first-order chi connectivity index (χ1) is 12.5. The number of ether oxygens (including phenoxy) is 2. The molecule has 1 aliphatic rings. The van der Waals surface area contributed by atoms with Gasteiger partial charge >= 0.3 is 11.9 Å². The summed E-state index contributed by atoms with van der Waals surface area (Å²) in [6.45, 7) is 6.04. The summed E-state index contributed by atoms with van der Waals surface area (Å²) < 4.78 is 12.0. The van der Waals surface area contributed by atoms with E-state index in [0.29, 0.717) is 11.1 Å². The summed E-state index contributed by atoms with van der Waals surface area (Å²) in [4.78, 5) is 25.0. The molecule has 0 atom stereocenters. The van der Waals surface area contributed by atoms with Crippen LogP contribution in [0.3, 0.4) is 0 Å². The van der Waals surface area contributed by atoms with Crippen LogP contribution in [0.4, 0.5) is 5.82 Å². The van der Waals surface area contributed by atoms with Gasteiger partial charge in [0.05, 0.1) is 24.8 Å². The molecule has 0 amide bonds. The van der Waals surface area contributed by atoms with Crippen molar-refractivity contribution < 1.29 is 19.1 Å². The van der Waals surface area contributed by atoms with Gasteiger partial charge in [0.25, 0.3) is 0 Å². The van der Waals surface area contributed by atoms with Crippen molar-refractivity contribution >= 4 is 35.4 Å². The van der Waals surface area contributed by atoms with Gasteiger partial charge in [-0.05, 0) is 32.9 Å². The Morgan fingerprint density at radius 1 is 1.15 bits per heavy atom. The van der Waals surface area contributed by atoms with E-state index in [0.717, 1.165) is 16.9 Å². The highest BCUT2D eigenvalue weighted by Gasteiger charge is 2.25. The van der Waals surface area contributed by atoms with Gasteiger partial charge in [-0.25, -0.2) is 9.59 Å². The van der Waals surface area contributed by atoms with E-state index in [2.05, 4.69) is 5.32 Å². The molecule has 0 radical (unpaired) electrons. The fourth-order valence-corrected chi connectivity index (χ4v) is 3.11. The highest BCUT2D eigenvalue weighted by atomic mass is 16.5. The number of hydrogen-bond donors (Lipinski definition) is 1. The van der Waals surface area contributed by atoms with Gasteiger partial charge in [-0.1, -0.05) is 24.3 Å². The molecule has 0 aliphatic heterocycles. The zero-order valence-electron chi connectivity index (χ0n) is 15.3. The van der Waals surface area contributed by atoms with Gasteiger partial charge in [-0.2, -0.15) is 0 Å². The molecule has 0 saturated heterocycles. The Balaban J connectivity index is 2.41. The molecule has 0 aromatic carbocycles. The second-order valence-electron chi connectivity index (χ2n) is 6.26. The first kappa shape index (κ1) is 17.8. The topological polar surface area (TPSA) is 69.0 Å². The summed E-state index contributed by atoms with van der Waals surface area (Å²) in [5.74, 6) is -0.217. The molecule has 1 N–H and O–H groups in total. The number of nitrogens with zero attached hydrogens (tertiary/aromatic N) is 1. The molecule has 0 spiro atoms. The number of allylic oxidation sites excluding steroid dienone is 2. The normalized spacial score (nSPS) is 12.3. The molecule has 0 unspecified atom stereocenters. The van der Waals surface area contributed by atoms with Crippen molar-refractivity contribution in [2.24, 2.45) is 0 Å². The summed E-state index contributed by atoms with van der Waals surface area (Å²) in [7, 11) is 1.33. The number of pyridine rings is 1. The number of carbonyl (C=O) groups excluding carboxylic acids is 2. The monoisotopic (exact) mass is 354 g/mol. The zero-order chi connectivity index (χ0) is 18.8. The maximum atomic E-state index is 12.6. The van der Waals surface area contributed by atoms with Crippen LogP contribution in [0, 0.1) is 0 Å². The van der Waals surface area contributed by atoms with Crippen molar-refractivity contribution in [3.8, 4) is 0 Å². The molecule has 26 heavy (non-hydrogen) atoms. The molecule has 3 rings (SSSR count). The lowest BCUT2D eigenvalue weighted by Crippen LogP contribution is -2.18. The van der Waals surface area contributed by atoms with E-state index in [4.69, 9.17) is 9.47 Å². The molecule has 2 aromatic heterocycles. The second kappa shape index (κ2) is 7.07. The third-order valence-electron chi connectivity index (χ3n) is 4.07. The van der Waals surface area contributed by atoms with Gasteiger partial charge in [0.2, 0.25) is 0 Å². The lowest BCUT2D eigenvalue weighted by molar-refractivity contribution is 0.0518. The van der Waals surface area contributed by atoms with Crippen LogP contribution in [0.2, 0.25) is 0 Å². The summed E-state index contributed by atoms with van der Waals surface area (Å²) in [5.41, 5.74) is 3.00. The van der Waals surface area contributed by atoms with Crippen LogP contribution < -0.4 is 5.32 Å². The van der Waals surface area contributed by atoms with Crippen LogP contribution in [0.1, 0.15) is 52.7 Å². The number of aromatic nitrogens is 1. The van der Waals surface area contributed by atoms with Crippen LogP contribution >= 0.6 is 0 Å². The van der Waals surface area contributed by atoms with Gasteiger partial charge in [0.1, 0.15) is 11.5 Å². The Labute approximate surface area is 152 Å². The van der Waals surface area contributed by atoms with E-state index in [9.17, 15) is 9.59 Å². The summed E-state index contributed by atoms with van der Waals surface area (Å²) in [6.07, 6.45) is 7.56. The smallest absolute Gasteiger partial charge is 0.355 e. The molecule has 0 saturated carbocycles. The molecule has 2 aromatic rings. The van der Waals surface area contributed by atoms with E-state index in [1.54, 1.807) is 6.92 Å². The van der Waals surface area contributed by atoms with Crippen LogP contribution in [0.5, 0.6) is 0 Å². The third kappa shape index (κ3) is 2.98. The number of hydrogen-bond acceptors (Lipinski definition) is 5. The highest BCUT2D eigenvalue weighted by molar-refractivity contribution is 6.03. The third-order valence-corrected chi connectivity index (χ3v) is 4.07. The Bertz CT molecular complexity index is 935. The molecule has 6 nitrogen and oxygen atoms in total. The lowest BCUT2D eigenvalue weighted by Gasteiger charge is -2.16. The van der Waals surface area contributed by atoms with Crippen molar-refractivity contribution in [1.82, 2.24) is 4.40 Å². The quantitative estimate of drug-likeness (QED) is 0.828. The SMILES string of the molecule is CCOC(=O)c1cc(C(=O)OC)c2c3c(cc(NC(C)C)n13)C=CC=C2. The number of anilines is 1. The van der Waals surface area contributed by atoms with E-state index in [1.807, 2.05) is 48.6 Å². The Morgan fingerprint density at radius 2 is 1.88 bits per heavy atom. The Hall–Kier alpha value is -3.02. The molecule has 136 valence electrons. The largest absolute Gasteiger partial charge is 0.465 e. The fraction of sp³-hybridized carbons (Fsp3) is 0.300. The van der Waals surface area contributed by atoms with Gasteiger partial charge in [0.15, 0.2) is 0 Å². The van der Waals surface area contributed by atoms with Crippen LogP contribution in [-0.2, 0) is 9.47 Å². The second-order valence-corrected chi connectivity index (χ2v) is 6.26. The average molecular weight is 354 g/mol. The zero-order valence-corrected chi connectivity index (χ0v) is 15.3. The molecule has 1 aliphatic carbocycles. The van der Waals surface area contributed by atoms with Crippen LogP contribution in [-0.4, -0.2) is 36.1 Å². The maximum absolute atomic E-state index is 12.6. The number of carbonyl (C=O) groups is 2. The van der Waals surface area contributed by atoms with E-state index < -0.39 is 11.9 Å². The molecular weight excluding hydrogens is 332 g/mol. The maximum Gasteiger partial charge on any atom is 0.355 e. The van der Waals surface area contributed by atoms with Gasteiger partial charge in [0, 0.05) is 17.2 Å². The van der Waals surface area contributed by atoms with E-state index in [-0.39, 0.29) is 18.3 Å². The van der Waals surface area contributed by atoms with Crippen molar-refractivity contribution in [2.75, 3.05) is 19.0 Å². The Kier molecular flexibility index (Phi) is 4.84. The minimum Gasteiger partial charge on any atom is -0.465 e.